The van der Waals surface area contributed by atoms with Crippen LogP contribution in [0.1, 0.15) is 50.2 Å². The maximum atomic E-state index is 12.0. The maximum Gasteiger partial charge on any atom is 0.317 e. The number of hydrogen-bond donors (Lipinski definition) is 1. The van der Waals surface area contributed by atoms with Crippen LogP contribution in [0.15, 0.2) is 24.3 Å². The van der Waals surface area contributed by atoms with Gasteiger partial charge in [-0.25, -0.2) is 4.79 Å². The third-order valence-electron chi connectivity index (χ3n) is 3.73. The molecule has 2 rings (SSSR count). The van der Waals surface area contributed by atoms with Gasteiger partial charge in [0.05, 0.1) is 0 Å². The van der Waals surface area contributed by atoms with Crippen LogP contribution in [0.2, 0.25) is 0 Å². The average Bonchev–Trinajstić information content (AvgIpc) is 2.46. The van der Waals surface area contributed by atoms with Crippen molar-refractivity contribution in [2.75, 3.05) is 13.1 Å². The summed E-state index contributed by atoms with van der Waals surface area (Å²) >= 11 is 0. The summed E-state index contributed by atoms with van der Waals surface area (Å²) in [6.07, 6.45) is 3.52. The highest BCUT2D eigenvalue weighted by Gasteiger charge is 2.15. The van der Waals surface area contributed by atoms with Crippen LogP contribution in [0.3, 0.4) is 0 Å². The van der Waals surface area contributed by atoms with E-state index in [0.29, 0.717) is 12.5 Å². The Morgan fingerprint density at radius 2 is 1.79 bits per heavy atom. The van der Waals surface area contributed by atoms with Crippen molar-refractivity contribution in [1.29, 1.82) is 0 Å². The van der Waals surface area contributed by atoms with Gasteiger partial charge in [-0.15, -0.1) is 0 Å². The Labute approximate surface area is 116 Å². The minimum Gasteiger partial charge on any atom is -0.334 e. The average molecular weight is 260 g/mol. The van der Waals surface area contributed by atoms with Gasteiger partial charge in [0.1, 0.15) is 0 Å². The van der Waals surface area contributed by atoms with E-state index in [9.17, 15) is 4.79 Å². The van der Waals surface area contributed by atoms with Crippen LogP contribution < -0.4 is 5.32 Å². The molecular weight excluding hydrogens is 236 g/mol. The Bertz CT molecular complexity index is 405. The molecule has 3 heteroatoms. The van der Waals surface area contributed by atoms with Crippen LogP contribution in [0.5, 0.6) is 0 Å². The van der Waals surface area contributed by atoms with Gasteiger partial charge in [0.25, 0.3) is 0 Å². The normalized spacial score (nSPS) is 15.6. The number of rotatable bonds is 3. The number of carbonyl (C=O) groups excluding carboxylic acids is 1. The predicted octanol–water partition coefficient (Wildman–Crippen LogP) is 3.51. The number of urea groups is 1. The van der Waals surface area contributed by atoms with Crippen LogP contribution in [-0.2, 0) is 6.54 Å². The summed E-state index contributed by atoms with van der Waals surface area (Å²) < 4.78 is 0. The zero-order chi connectivity index (χ0) is 13.7. The fourth-order valence-corrected chi connectivity index (χ4v) is 2.41. The molecule has 1 N–H and O–H groups in total. The van der Waals surface area contributed by atoms with E-state index >= 15 is 0 Å². The van der Waals surface area contributed by atoms with E-state index in [4.69, 9.17) is 0 Å². The van der Waals surface area contributed by atoms with E-state index in [1.807, 2.05) is 4.90 Å². The maximum absolute atomic E-state index is 12.0. The lowest BCUT2D eigenvalue weighted by Crippen LogP contribution is -2.42. The summed E-state index contributed by atoms with van der Waals surface area (Å²) in [7, 11) is 0. The highest BCUT2D eigenvalue weighted by molar-refractivity contribution is 5.74. The van der Waals surface area contributed by atoms with Crippen LogP contribution in [0.25, 0.3) is 0 Å². The first kappa shape index (κ1) is 13.9. The molecule has 0 bridgehead atoms. The summed E-state index contributed by atoms with van der Waals surface area (Å²) in [5.74, 6) is 0.553. The molecule has 2 amide bonds. The Hall–Kier alpha value is -1.51. The number of nitrogens with one attached hydrogen (secondary N) is 1. The van der Waals surface area contributed by atoms with Gasteiger partial charge in [-0.3, -0.25) is 0 Å². The minimum absolute atomic E-state index is 0.0765. The Kier molecular flexibility index (Phi) is 4.83. The van der Waals surface area contributed by atoms with Gasteiger partial charge < -0.3 is 10.2 Å². The molecule has 0 saturated carbocycles. The van der Waals surface area contributed by atoms with Crippen LogP contribution in [-0.4, -0.2) is 24.0 Å². The van der Waals surface area contributed by atoms with Crippen LogP contribution in [0, 0.1) is 0 Å². The van der Waals surface area contributed by atoms with Crippen molar-refractivity contribution < 1.29 is 4.79 Å². The Balaban J connectivity index is 1.82. The number of benzene rings is 1. The second-order valence-corrected chi connectivity index (χ2v) is 5.60. The molecule has 1 saturated heterocycles. The molecule has 0 radical (unpaired) electrons. The van der Waals surface area contributed by atoms with Crippen molar-refractivity contribution in [2.45, 2.75) is 45.6 Å². The molecule has 0 unspecified atom stereocenters. The van der Waals surface area contributed by atoms with Crippen molar-refractivity contribution in [2.24, 2.45) is 0 Å². The zero-order valence-electron chi connectivity index (χ0n) is 12.0. The van der Waals surface area contributed by atoms with Crippen molar-refractivity contribution in [1.82, 2.24) is 10.2 Å². The topological polar surface area (TPSA) is 32.3 Å². The molecule has 19 heavy (non-hydrogen) atoms. The highest BCUT2D eigenvalue weighted by Crippen LogP contribution is 2.14. The molecule has 104 valence electrons. The van der Waals surface area contributed by atoms with Crippen LogP contribution in [0.4, 0.5) is 4.79 Å². The van der Waals surface area contributed by atoms with E-state index in [-0.39, 0.29) is 6.03 Å². The molecule has 0 spiro atoms. The molecule has 1 aliphatic heterocycles. The molecule has 1 aromatic rings. The zero-order valence-corrected chi connectivity index (χ0v) is 12.0. The van der Waals surface area contributed by atoms with Crippen molar-refractivity contribution in [3.05, 3.63) is 35.4 Å². The third-order valence-corrected chi connectivity index (χ3v) is 3.73. The summed E-state index contributed by atoms with van der Waals surface area (Å²) in [6, 6.07) is 8.57. The molecule has 3 nitrogen and oxygen atoms in total. The molecule has 1 aromatic carbocycles. The first-order valence-corrected chi connectivity index (χ1v) is 7.28. The SMILES string of the molecule is CC(C)c1ccc(CNC(=O)N2CCCCC2)cc1. The lowest BCUT2D eigenvalue weighted by atomic mass is 10.0. The third kappa shape index (κ3) is 3.98. The molecule has 1 aliphatic rings. The lowest BCUT2D eigenvalue weighted by molar-refractivity contribution is 0.186. The van der Waals surface area contributed by atoms with E-state index < -0.39 is 0 Å². The smallest absolute Gasteiger partial charge is 0.317 e. The largest absolute Gasteiger partial charge is 0.334 e. The van der Waals surface area contributed by atoms with Crippen molar-refractivity contribution in [3.63, 3.8) is 0 Å². The van der Waals surface area contributed by atoms with Gasteiger partial charge >= 0.3 is 6.03 Å². The second kappa shape index (κ2) is 6.60. The Morgan fingerprint density at radius 3 is 2.37 bits per heavy atom. The van der Waals surface area contributed by atoms with Gasteiger partial charge in [-0.05, 0) is 36.3 Å². The number of piperidine rings is 1. The monoisotopic (exact) mass is 260 g/mol. The lowest BCUT2D eigenvalue weighted by Gasteiger charge is -2.26. The molecular formula is C16H24N2O. The fourth-order valence-electron chi connectivity index (χ4n) is 2.41. The van der Waals surface area contributed by atoms with Gasteiger partial charge in [0.15, 0.2) is 0 Å². The fraction of sp³-hybridized carbons (Fsp3) is 0.562. The summed E-state index contributed by atoms with van der Waals surface area (Å²) in [5.41, 5.74) is 2.50. The van der Waals surface area contributed by atoms with Gasteiger partial charge in [0, 0.05) is 19.6 Å². The molecule has 1 fully saturated rings. The quantitative estimate of drug-likeness (QED) is 0.886. The van der Waals surface area contributed by atoms with Crippen LogP contribution >= 0.6 is 0 Å². The molecule has 1 heterocycles. The highest BCUT2D eigenvalue weighted by atomic mass is 16.2. The second-order valence-electron chi connectivity index (χ2n) is 5.60. The first-order valence-electron chi connectivity index (χ1n) is 7.28. The standard InChI is InChI=1S/C16H24N2O/c1-13(2)15-8-6-14(7-9-15)12-17-16(19)18-10-4-3-5-11-18/h6-9,13H,3-5,10-12H2,1-2H3,(H,17,19). The number of nitrogens with zero attached hydrogens (tertiary/aromatic N) is 1. The van der Waals surface area contributed by atoms with E-state index in [0.717, 1.165) is 31.5 Å². The van der Waals surface area contributed by atoms with E-state index in [2.05, 4.69) is 43.4 Å². The van der Waals surface area contributed by atoms with Crippen molar-refractivity contribution in [3.8, 4) is 0 Å². The first-order chi connectivity index (χ1) is 9.16. The number of hydrogen-bond acceptors (Lipinski definition) is 1. The Morgan fingerprint density at radius 1 is 1.16 bits per heavy atom. The van der Waals surface area contributed by atoms with E-state index in [1.165, 1.54) is 12.0 Å². The van der Waals surface area contributed by atoms with E-state index in [1.54, 1.807) is 0 Å². The van der Waals surface area contributed by atoms with Gasteiger partial charge in [0.2, 0.25) is 0 Å². The number of carbonyl (C=O) groups is 1. The molecule has 0 aliphatic carbocycles. The summed E-state index contributed by atoms with van der Waals surface area (Å²) in [5, 5.41) is 3.00. The summed E-state index contributed by atoms with van der Waals surface area (Å²) in [4.78, 5) is 13.9. The summed E-state index contributed by atoms with van der Waals surface area (Å²) in [6.45, 7) is 6.80. The number of amides is 2. The molecule has 0 atom stereocenters. The molecule has 0 aromatic heterocycles. The number of likely N-dealkylation sites (tertiary alicyclic amines) is 1. The van der Waals surface area contributed by atoms with Gasteiger partial charge in [-0.1, -0.05) is 38.1 Å². The predicted molar refractivity (Wildman–Crippen MR) is 78.2 cm³/mol. The minimum atomic E-state index is 0.0765. The van der Waals surface area contributed by atoms with Crippen molar-refractivity contribution >= 4 is 6.03 Å². The van der Waals surface area contributed by atoms with Gasteiger partial charge in [-0.2, -0.15) is 0 Å².